The van der Waals surface area contributed by atoms with Crippen molar-refractivity contribution in [3.05, 3.63) is 35.4 Å². The Kier molecular flexibility index (Phi) is 10.7. The van der Waals surface area contributed by atoms with Gasteiger partial charge in [-0.05, 0) is 37.6 Å². The second kappa shape index (κ2) is 13.5. The van der Waals surface area contributed by atoms with E-state index in [-0.39, 0.29) is 29.5 Å². The Morgan fingerprint density at radius 3 is 1.68 bits per heavy atom. The molecule has 0 amide bonds. The number of benzene rings is 1. The number of hydrogen-bond donors (Lipinski definition) is 0. The van der Waals surface area contributed by atoms with Crippen LogP contribution >= 0.6 is 0 Å². The molecule has 0 radical (unpaired) electrons. The highest BCUT2D eigenvalue weighted by atomic mass is 16.7. The van der Waals surface area contributed by atoms with Gasteiger partial charge in [-0.3, -0.25) is 28.8 Å². The van der Waals surface area contributed by atoms with Gasteiger partial charge in [0.15, 0.2) is 23.8 Å². The zero-order chi connectivity index (χ0) is 28.6. The molecule has 1 aromatic carbocycles. The van der Waals surface area contributed by atoms with Crippen molar-refractivity contribution in [2.75, 3.05) is 6.61 Å². The van der Waals surface area contributed by atoms with Gasteiger partial charge in [-0.15, -0.1) is 0 Å². The van der Waals surface area contributed by atoms with Gasteiger partial charge in [-0.2, -0.15) is 0 Å². The molecule has 0 unspecified atom stereocenters. The Morgan fingerprint density at radius 2 is 1.21 bits per heavy atom. The molecule has 0 aliphatic carbocycles. The molecular weight excluding hydrogens is 504 g/mol. The topological polar surface area (TPSA) is 158 Å². The fourth-order valence-corrected chi connectivity index (χ4v) is 3.68. The molecule has 5 atom stereocenters. The van der Waals surface area contributed by atoms with E-state index in [0.29, 0.717) is 5.56 Å². The van der Waals surface area contributed by atoms with E-state index in [0.717, 1.165) is 20.8 Å². The Balaban J connectivity index is 2.44. The van der Waals surface area contributed by atoms with Crippen molar-refractivity contribution < 1.29 is 57.2 Å². The lowest BCUT2D eigenvalue weighted by Gasteiger charge is -2.43. The summed E-state index contributed by atoms with van der Waals surface area (Å²) in [5, 5.41) is 0. The standard InChI is InChI=1S/C26H30O12/c1-13(27)21(14(2)28)11-19-7-9-20(10-8-19)37-26-25(36-18(6)32)24(35-17(5)31)23(34-16(4)30)22(38-26)12-33-15(3)29/h7-11,22-26H,12H2,1-6H3/t22-,23+,24+,25-,26+/m0/s1. The fourth-order valence-electron chi connectivity index (χ4n) is 3.68. The average Bonchev–Trinajstić information content (AvgIpc) is 2.79. The van der Waals surface area contributed by atoms with Crippen molar-refractivity contribution in [1.29, 1.82) is 0 Å². The van der Waals surface area contributed by atoms with Crippen LogP contribution in [0.25, 0.3) is 6.08 Å². The van der Waals surface area contributed by atoms with E-state index in [2.05, 4.69) is 0 Å². The maximum absolute atomic E-state index is 11.9. The SMILES string of the molecule is CC(=O)OC[C@@H]1O[C@@H](Oc2ccc(C=C(C(C)=O)C(C)=O)cc2)[C@@H](OC(C)=O)[C@H](OC(C)=O)[C@@H]1OC(C)=O. The van der Waals surface area contributed by atoms with Gasteiger partial charge >= 0.3 is 23.9 Å². The highest BCUT2D eigenvalue weighted by Crippen LogP contribution is 2.31. The minimum atomic E-state index is -1.39. The van der Waals surface area contributed by atoms with E-state index in [1.54, 1.807) is 12.1 Å². The summed E-state index contributed by atoms with van der Waals surface area (Å²) in [5.41, 5.74) is 0.567. The lowest BCUT2D eigenvalue weighted by Crippen LogP contribution is -2.63. The molecule has 1 heterocycles. The molecule has 38 heavy (non-hydrogen) atoms. The smallest absolute Gasteiger partial charge is 0.303 e. The number of hydrogen-bond acceptors (Lipinski definition) is 12. The number of rotatable bonds is 10. The van der Waals surface area contributed by atoms with Gasteiger partial charge in [-0.25, -0.2) is 0 Å². The summed E-state index contributed by atoms with van der Waals surface area (Å²) >= 11 is 0. The van der Waals surface area contributed by atoms with Crippen LogP contribution in [0.4, 0.5) is 0 Å². The minimum Gasteiger partial charge on any atom is -0.463 e. The van der Waals surface area contributed by atoms with Crippen LogP contribution < -0.4 is 4.74 Å². The van der Waals surface area contributed by atoms with Crippen molar-refractivity contribution >= 4 is 41.5 Å². The quantitative estimate of drug-likeness (QED) is 0.141. The molecule has 1 aromatic rings. The van der Waals surface area contributed by atoms with Gasteiger partial charge in [0.25, 0.3) is 0 Å². The molecule has 1 saturated heterocycles. The summed E-state index contributed by atoms with van der Waals surface area (Å²) in [6.07, 6.45) is -5.15. The molecule has 2 rings (SSSR count). The third-order valence-corrected chi connectivity index (χ3v) is 5.15. The Labute approximate surface area is 219 Å². The molecule has 1 aliphatic rings. The predicted octanol–water partition coefficient (Wildman–Crippen LogP) is 1.71. The molecule has 0 aromatic heterocycles. The lowest BCUT2D eigenvalue weighted by atomic mass is 9.98. The molecule has 1 fully saturated rings. The first-order valence-electron chi connectivity index (χ1n) is 11.6. The van der Waals surface area contributed by atoms with Gasteiger partial charge in [0.2, 0.25) is 12.4 Å². The van der Waals surface area contributed by atoms with E-state index < -0.39 is 54.6 Å². The van der Waals surface area contributed by atoms with Gasteiger partial charge in [0.05, 0.1) is 5.57 Å². The van der Waals surface area contributed by atoms with Crippen LogP contribution in [-0.4, -0.2) is 72.8 Å². The maximum atomic E-state index is 11.9. The third kappa shape index (κ3) is 8.80. The third-order valence-electron chi connectivity index (χ3n) is 5.15. The Hall–Kier alpha value is -4.06. The van der Waals surface area contributed by atoms with Crippen LogP contribution in [0.5, 0.6) is 5.75 Å². The monoisotopic (exact) mass is 534 g/mol. The number of Topliss-reactive ketones (excluding diaryl/α,β-unsaturated/α-hetero) is 2. The van der Waals surface area contributed by atoms with E-state index >= 15 is 0 Å². The molecular formula is C26H30O12. The molecule has 1 aliphatic heterocycles. The van der Waals surface area contributed by atoms with Gasteiger partial charge in [0.1, 0.15) is 18.5 Å². The van der Waals surface area contributed by atoms with Crippen LogP contribution in [0, 0.1) is 0 Å². The van der Waals surface area contributed by atoms with Crippen LogP contribution in [0.1, 0.15) is 47.1 Å². The summed E-state index contributed by atoms with van der Waals surface area (Å²) < 4.78 is 32.9. The van der Waals surface area contributed by atoms with Gasteiger partial charge in [0, 0.05) is 27.7 Å². The predicted molar refractivity (Wildman–Crippen MR) is 128 cm³/mol. The molecule has 206 valence electrons. The van der Waals surface area contributed by atoms with Crippen molar-refractivity contribution in [1.82, 2.24) is 0 Å². The van der Waals surface area contributed by atoms with E-state index in [1.165, 1.54) is 39.0 Å². The summed E-state index contributed by atoms with van der Waals surface area (Å²) in [4.78, 5) is 70.5. The highest BCUT2D eigenvalue weighted by Gasteiger charge is 2.53. The molecule has 0 spiro atoms. The Morgan fingerprint density at radius 1 is 0.711 bits per heavy atom. The molecule has 0 saturated carbocycles. The Bertz CT molecular complexity index is 1090. The first kappa shape index (κ1) is 30.2. The second-order valence-corrected chi connectivity index (χ2v) is 8.42. The summed E-state index contributed by atoms with van der Waals surface area (Å²) in [5.74, 6) is -3.45. The average molecular weight is 535 g/mol. The number of esters is 4. The zero-order valence-corrected chi connectivity index (χ0v) is 21.9. The zero-order valence-electron chi connectivity index (χ0n) is 21.9. The van der Waals surface area contributed by atoms with Gasteiger partial charge in [-0.1, -0.05) is 12.1 Å². The first-order chi connectivity index (χ1) is 17.8. The first-order valence-corrected chi connectivity index (χ1v) is 11.6. The molecule has 12 heteroatoms. The summed E-state index contributed by atoms with van der Waals surface area (Å²) in [6, 6.07) is 6.18. The molecule has 0 N–H and O–H groups in total. The number of allylic oxidation sites excluding steroid dienone is 1. The summed E-state index contributed by atoms with van der Waals surface area (Å²) in [6.45, 7) is 6.71. The van der Waals surface area contributed by atoms with E-state index in [9.17, 15) is 28.8 Å². The van der Waals surface area contributed by atoms with Crippen molar-refractivity contribution in [3.8, 4) is 5.75 Å². The van der Waals surface area contributed by atoms with Crippen molar-refractivity contribution in [2.24, 2.45) is 0 Å². The van der Waals surface area contributed by atoms with Crippen LogP contribution in [-0.2, 0) is 52.5 Å². The number of carbonyl (C=O) groups excluding carboxylic acids is 6. The number of ketones is 2. The molecule has 0 bridgehead atoms. The highest BCUT2D eigenvalue weighted by molar-refractivity contribution is 6.21. The van der Waals surface area contributed by atoms with E-state index in [4.69, 9.17) is 28.4 Å². The van der Waals surface area contributed by atoms with Crippen LogP contribution in [0.2, 0.25) is 0 Å². The fraction of sp³-hybridized carbons (Fsp3) is 0.462. The minimum absolute atomic E-state index is 0.0262. The van der Waals surface area contributed by atoms with Crippen LogP contribution in [0.3, 0.4) is 0 Å². The number of ether oxygens (including phenoxy) is 6. The normalized spacial score (nSPS) is 22.3. The second-order valence-electron chi connectivity index (χ2n) is 8.42. The molecule has 12 nitrogen and oxygen atoms in total. The summed E-state index contributed by atoms with van der Waals surface area (Å²) in [7, 11) is 0. The van der Waals surface area contributed by atoms with Crippen molar-refractivity contribution in [3.63, 3.8) is 0 Å². The maximum Gasteiger partial charge on any atom is 0.303 e. The van der Waals surface area contributed by atoms with Crippen molar-refractivity contribution in [2.45, 2.75) is 72.2 Å². The largest absolute Gasteiger partial charge is 0.463 e. The van der Waals surface area contributed by atoms with Crippen LogP contribution in [0.15, 0.2) is 29.8 Å². The number of carbonyl (C=O) groups is 6. The van der Waals surface area contributed by atoms with E-state index in [1.807, 2.05) is 0 Å². The van der Waals surface area contributed by atoms with Gasteiger partial charge < -0.3 is 28.4 Å². The lowest BCUT2D eigenvalue weighted by molar-refractivity contribution is -0.288.